The molecule has 1 saturated heterocycles. The summed E-state index contributed by atoms with van der Waals surface area (Å²) >= 11 is 1.27. The Bertz CT molecular complexity index is 455. The number of ketones is 1. The highest BCUT2D eigenvalue weighted by molar-refractivity contribution is 7.15. The van der Waals surface area contributed by atoms with Crippen LogP contribution in [-0.2, 0) is 4.74 Å². The first-order valence-corrected chi connectivity index (χ1v) is 6.95. The average Bonchev–Trinajstić information content (AvgIpc) is 2.87. The fraction of sp³-hybridized carbons (Fsp3) is 0.538. The van der Waals surface area contributed by atoms with Crippen LogP contribution in [0.2, 0.25) is 0 Å². The van der Waals surface area contributed by atoms with Crippen LogP contribution in [0, 0.1) is 0 Å². The van der Waals surface area contributed by atoms with Crippen LogP contribution in [0.15, 0.2) is 12.1 Å². The number of thiophene rings is 1. The van der Waals surface area contributed by atoms with E-state index >= 15 is 0 Å². The minimum Gasteiger partial charge on any atom is -0.375 e. The van der Waals surface area contributed by atoms with Gasteiger partial charge in [-0.05, 0) is 25.5 Å². The molecule has 0 aromatic carbocycles. The third-order valence-corrected chi connectivity index (χ3v) is 4.22. The third-order valence-electron chi connectivity index (χ3n) is 3.05. The number of ether oxygens (including phenoxy) is 1. The van der Waals surface area contributed by atoms with Crippen molar-refractivity contribution >= 4 is 23.0 Å². The quantitative estimate of drug-likeness (QED) is 0.789. The Balaban J connectivity index is 2.07. The molecule has 4 nitrogen and oxygen atoms in total. The zero-order valence-electron chi connectivity index (χ0n) is 10.6. The molecule has 18 heavy (non-hydrogen) atoms. The van der Waals surface area contributed by atoms with Gasteiger partial charge in [0.15, 0.2) is 5.78 Å². The Hall–Kier alpha value is -1.20. The summed E-state index contributed by atoms with van der Waals surface area (Å²) in [6.45, 7) is 5.43. The Morgan fingerprint density at radius 2 is 2.17 bits per heavy atom. The molecule has 1 aromatic heterocycles. The molecule has 5 heteroatoms. The fourth-order valence-corrected chi connectivity index (χ4v) is 2.82. The van der Waals surface area contributed by atoms with E-state index in [1.807, 2.05) is 4.90 Å². The van der Waals surface area contributed by atoms with Gasteiger partial charge in [0, 0.05) is 13.1 Å². The molecule has 98 valence electrons. The van der Waals surface area contributed by atoms with Crippen molar-refractivity contribution in [2.24, 2.45) is 0 Å². The number of rotatable bonds is 3. The van der Waals surface area contributed by atoms with Crippen molar-refractivity contribution in [2.45, 2.75) is 26.4 Å². The van der Waals surface area contributed by atoms with Gasteiger partial charge in [-0.3, -0.25) is 9.59 Å². The zero-order valence-corrected chi connectivity index (χ0v) is 11.5. The smallest absolute Gasteiger partial charge is 0.264 e. The van der Waals surface area contributed by atoms with E-state index in [0.717, 1.165) is 6.42 Å². The summed E-state index contributed by atoms with van der Waals surface area (Å²) in [4.78, 5) is 26.6. The highest BCUT2D eigenvalue weighted by Gasteiger charge is 2.25. The Morgan fingerprint density at radius 1 is 1.44 bits per heavy atom. The normalized spacial score (nSPS) is 19.9. The first-order chi connectivity index (χ1) is 8.61. The van der Waals surface area contributed by atoms with Crippen LogP contribution in [0.4, 0.5) is 0 Å². The van der Waals surface area contributed by atoms with Crippen molar-refractivity contribution in [3.63, 3.8) is 0 Å². The molecule has 1 fully saturated rings. The second kappa shape index (κ2) is 5.63. The minimum atomic E-state index is 0.00691. The van der Waals surface area contributed by atoms with Crippen molar-refractivity contribution in [3.8, 4) is 0 Å². The predicted octanol–water partition coefficient (Wildman–Crippen LogP) is 2.20. The van der Waals surface area contributed by atoms with Crippen LogP contribution in [0.25, 0.3) is 0 Å². The topological polar surface area (TPSA) is 46.6 Å². The molecule has 0 radical (unpaired) electrons. The molecule has 2 heterocycles. The molecule has 1 aliphatic rings. The van der Waals surface area contributed by atoms with Gasteiger partial charge in [-0.2, -0.15) is 0 Å². The molecule has 0 N–H and O–H groups in total. The van der Waals surface area contributed by atoms with Gasteiger partial charge in [0.05, 0.1) is 22.5 Å². The SMILES string of the molecule is CC[C@@H]1CN(C(=O)c2ccc(C(C)=O)s2)CCO1. The molecule has 0 spiro atoms. The van der Waals surface area contributed by atoms with Gasteiger partial charge in [0.25, 0.3) is 5.91 Å². The maximum absolute atomic E-state index is 12.3. The lowest BCUT2D eigenvalue weighted by atomic mass is 10.2. The van der Waals surface area contributed by atoms with Crippen molar-refractivity contribution < 1.29 is 14.3 Å². The molecule has 2 rings (SSSR count). The van der Waals surface area contributed by atoms with Gasteiger partial charge < -0.3 is 9.64 Å². The van der Waals surface area contributed by atoms with Crippen LogP contribution >= 0.6 is 11.3 Å². The molecule has 0 saturated carbocycles. The molecular formula is C13H17NO3S. The van der Waals surface area contributed by atoms with Crippen LogP contribution in [0.5, 0.6) is 0 Å². The van der Waals surface area contributed by atoms with E-state index < -0.39 is 0 Å². The number of carbonyl (C=O) groups is 2. The largest absolute Gasteiger partial charge is 0.375 e. The van der Waals surface area contributed by atoms with E-state index in [0.29, 0.717) is 29.5 Å². The van der Waals surface area contributed by atoms with Crippen molar-refractivity contribution in [3.05, 3.63) is 21.9 Å². The van der Waals surface area contributed by atoms with E-state index in [2.05, 4.69) is 6.92 Å². The third kappa shape index (κ3) is 2.79. The summed E-state index contributed by atoms with van der Waals surface area (Å²) in [5.74, 6) is 0.0155. The van der Waals surface area contributed by atoms with Gasteiger partial charge in [-0.15, -0.1) is 11.3 Å². The number of Topliss-reactive ketones (excluding diaryl/α,β-unsaturated/α-hetero) is 1. The van der Waals surface area contributed by atoms with Gasteiger partial charge in [0.1, 0.15) is 0 Å². The highest BCUT2D eigenvalue weighted by atomic mass is 32.1. The maximum Gasteiger partial charge on any atom is 0.264 e. The number of morpholine rings is 1. The van der Waals surface area contributed by atoms with Crippen LogP contribution < -0.4 is 0 Å². The molecule has 1 atom stereocenters. The first kappa shape index (κ1) is 13.2. The second-order valence-corrected chi connectivity index (χ2v) is 5.46. The lowest BCUT2D eigenvalue weighted by Gasteiger charge is -2.32. The van der Waals surface area contributed by atoms with Crippen LogP contribution in [0.1, 0.15) is 39.6 Å². The first-order valence-electron chi connectivity index (χ1n) is 6.13. The summed E-state index contributed by atoms with van der Waals surface area (Å²) in [7, 11) is 0. The number of carbonyl (C=O) groups excluding carboxylic acids is 2. The minimum absolute atomic E-state index is 0.00691. The number of amides is 1. The molecule has 0 unspecified atom stereocenters. The summed E-state index contributed by atoms with van der Waals surface area (Å²) in [6, 6.07) is 3.46. The number of hydrogen-bond acceptors (Lipinski definition) is 4. The molecule has 1 aliphatic heterocycles. The standard InChI is InChI=1S/C13H17NO3S/c1-3-10-8-14(6-7-17-10)13(16)12-5-4-11(18-12)9(2)15/h4-5,10H,3,6-8H2,1-2H3/t10-/m1/s1. The Kier molecular flexibility index (Phi) is 4.14. The highest BCUT2D eigenvalue weighted by Crippen LogP contribution is 2.20. The van der Waals surface area contributed by atoms with E-state index in [9.17, 15) is 9.59 Å². The fourth-order valence-electron chi connectivity index (χ4n) is 1.95. The molecular weight excluding hydrogens is 250 g/mol. The predicted molar refractivity (Wildman–Crippen MR) is 70.3 cm³/mol. The van der Waals surface area contributed by atoms with Crippen molar-refractivity contribution in [1.82, 2.24) is 4.90 Å². The summed E-state index contributed by atoms with van der Waals surface area (Å²) < 4.78 is 5.54. The van der Waals surface area contributed by atoms with Gasteiger partial charge >= 0.3 is 0 Å². The van der Waals surface area contributed by atoms with Crippen molar-refractivity contribution in [1.29, 1.82) is 0 Å². The Labute approximate surface area is 111 Å². The average molecular weight is 267 g/mol. The summed E-state index contributed by atoms with van der Waals surface area (Å²) in [5.41, 5.74) is 0. The molecule has 1 aromatic rings. The van der Waals surface area contributed by atoms with Crippen LogP contribution in [0.3, 0.4) is 0 Å². The molecule has 0 aliphatic carbocycles. The summed E-state index contributed by atoms with van der Waals surface area (Å²) in [6.07, 6.45) is 1.04. The van der Waals surface area contributed by atoms with E-state index in [-0.39, 0.29) is 17.8 Å². The van der Waals surface area contributed by atoms with Gasteiger partial charge in [0.2, 0.25) is 0 Å². The number of hydrogen-bond donors (Lipinski definition) is 0. The van der Waals surface area contributed by atoms with E-state index in [4.69, 9.17) is 4.74 Å². The lowest BCUT2D eigenvalue weighted by molar-refractivity contribution is -0.0224. The maximum atomic E-state index is 12.3. The second-order valence-electron chi connectivity index (χ2n) is 4.37. The van der Waals surface area contributed by atoms with Gasteiger partial charge in [-0.25, -0.2) is 0 Å². The van der Waals surface area contributed by atoms with Gasteiger partial charge in [-0.1, -0.05) is 6.92 Å². The summed E-state index contributed by atoms with van der Waals surface area (Å²) in [5, 5.41) is 0. The van der Waals surface area contributed by atoms with E-state index in [1.54, 1.807) is 12.1 Å². The monoisotopic (exact) mass is 267 g/mol. The lowest BCUT2D eigenvalue weighted by Crippen LogP contribution is -2.45. The van der Waals surface area contributed by atoms with Crippen molar-refractivity contribution in [2.75, 3.05) is 19.7 Å². The van der Waals surface area contributed by atoms with Crippen LogP contribution in [-0.4, -0.2) is 42.4 Å². The Morgan fingerprint density at radius 3 is 2.78 bits per heavy atom. The van der Waals surface area contributed by atoms with E-state index in [1.165, 1.54) is 18.3 Å². The number of nitrogens with zero attached hydrogens (tertiary/aromatic N) is 1. The zero-order chi connectivity index (χ0) is 13.1. The molecule has 1 amide bonds. The molecule has 0 bridgehead atoms.